The molecule has 0 fully saturated rings. The number of amides is 1. The van der Waals surface area contributed by atoms with E-state index < -0.39 is 24.5 Å². The van der Waals surface area contributed by atoms with Crippen LogP contribution in [-0.2, 0) is 4.79 Å². The molecule has 1 aromatic carbocycles. The quantitative estimate of drug-likeness (QED) is 0.398. The highest BCUT2D eigenvalue weighted by molar-refractivity contribution is 7.17. The largest absolute Gasteiger partial charge is 0.619 e. The van der Waals surface area contributed by atoms with Crippen LogP contribution < -0.4 is 14.8 Å². The number of hydrogen-bond donors (Lipinski definition) is 3. The van der Waals surface area contributed by atoms with Crippen molar-refractivity contribution >= 4 is 34.9 Å². The molecule has 148 valence electrons. The van der Waals surface area contributed by atoms with Crippen LogP contribution >= 0.6 is 11.3 Å². The Kier molecular flexibility index (Phi) is 5.74. The zero-order chi connectivity index (χ0) is 21.0. The Morgan fingerprint density at radius 1 is 1.14 bits per heavy atom. The molecule has 0 aliphatic rings. The second kappa shape index (κ2) is 8.40. The van der Waals surface area contributed by atoms with E-state index >= 15 is 0 Å². The lowest BCUT2D eigenvalue weighted by Crippen LogP contribution is -2.27. The third kappa shape index (κ3) is 4.87. The van der Waals surface area contributed by atoms with Crippen LogP contribution in [0, 0.1) is 5.21 Å². The van der Waals surface area contributed by atoms with Gasteiger partial charge in [0.05, 0.1) is 0 Å². The van der Waals surface area contributed by atoms with E-state index in [1.165, 1.54) is 24.4 Å². The van der Waals surface area contributed by atoms with Crippen molar-refractivity contribution in [3.05, 3.63) is 70.5 Å². The van der Waals surface area contributed by atoms with Gasteiger partial charge in [-0.1, -0.05) is 12.1 Å². The molecule has 0 spiro atoms. The van der Waals surface area contributed by atoms with E-state index in [0.29, 0.717) is 20.9 Å². The van der Waals surface area contributed by atoms with Gasteiger partial charge in [-0.15, -0.1) is 11.3 Å². The number of thiophene rings is 1. The Bertz CT molecular complexity index is 1090. The summed E-state index contributed by atoms with van der Waals surface area (Å²) >= 11 is 0.923. The number of carbonyl (C=O) groups excluding carboxylic acids is 1. The lowest BCUT2D eigenvalue weighted by atomic mass is 10.1. The molecule has 3 rings (SSSR count). The Balaban J connectivity index is 1.85. The zero-order valence-electron chi connectivity index (χ0n) is 14.7. The van der Waals surface area contributed by atoms with E-state index in [2.05, 4.69) is 5.32 Å². The molecule has 0 atom stereocenters. The summed E-state index contributed by atoms with van der Waals surface area (Å²) in [5.74, 6) is -2.98. The van der Waals surface area contributed by atoms with Crippen molar-refractivity contribution < 1.29 is 34.1 Å². The number of hydrogen-bond acceptors (Lipinski definition) is 6. The van der Waals surface area contributed by atoms with Gasteiger partial charge in [-0.25, -0.2) is 9.59 Å². The van der Waals surface area contributed by atoms with Gasteiger partial charge in [0, 0.05) is 16.6 Å². The standard InChI is InChI=1S/C19H14N2O7S/c22-16(23)10-28-14-8-15(29-17(14)19(25)26)11-3-1-5-13(7-11)20-18(24)12-4-2-6-21(27)9-12/h1-9H,10H2,(H,20,24)(H,22,23)(H,25,26). The normalized spacial score (nSPS) is 10.3. The zero-order valence-corrected chi connectivity index (χ0v) is 15.5. The highest BCUT2D eigenvalue weighted by Crippen LogP contribution is 2.37. The molecule has 0 radical (unpaired) electrons. The molecule has 29 heavy (non-hydrogen) atoms. The van der Waals surface area contributed by atoms with Crippen LogP contribution in [0.5, 0.6) is 5.75 Å². The maximum Gasteiger partial charge on any atom is 0.349 e. The lowest BCUT2D eigenvalue weighted by Gasteiger charge is -2.06. The summed E-state index contributed by atoms with van der Waals surface area (Å²) in [7, 11) is 0. The summed E-state index contributed by atoms with van der Waals surface area (Å²) in [4.78, 5) is 34.8. The maximum absolute atomic E-state index is 12.3. The molecule has 1 amide bonds. The number of aromatic carboxylic acids is 1. The van der Waals surface area contributed by atoms with E-state index in [1.54, 1.807) is 24.3 Å². The van der Waals surface area contributed by atoms with Crippen molar-refractivity contribution in [3.63, 3.8) is 0 Å². The highest BCUT2D eigenvalue weighted by Gasteiger charge is 2.19. The van der Waals surface area contributed by atoms with Crippen molar-refractivity contribution in [1.29, 1.82) is 0 Å². The molecule has 0 saturated carbocycles. The first-order valence-corrected chi connectivity index (χ1v) is 8.97. The molecule has 3 N–H and O–H groups in total. The minimum atomic E-state index is -1.24. The molecule has 0 aliphatic carbocycles. The summed E-state index contributed by atoms with van der Waals surface area (Å²) in [6.45, 7) is -0.663. The maximum atomic E-state index is 12.3. The molecule has 0 unspecified atom stereocenters. The number of nitrogens with zero attached hydrogens (tertiary/aromatic N) is 1. The third-order valence-electron chi connectivity index (χ3n) is 3.69. The molecule has 0 bridgehead atoms. The van der Waals surface area contributed by atoms with Gasteiger partial charge in [-0.05, 0) is 29.8 Å². The van der Waals surface area contributed by atoms with E-state index in [-0.39, 0.29) is 16.2 Å². The number of anilines is 1. The van der Waals surface area contributed by atoms with Crippen LogP contribution in [0.1, 0.15) is 20.0 Å². The number of aliphatic carboxylic acids is 1. The van der Waals surface area contributed by atoms with Crippen molar-refractivity contribution in [3.8, 4) is 16.2 Å². The fourth-order valence-corrected chi connectivity index (χ4v) is 3.39. The fourth-order valence-electron chi connectivity index (χ4n) is 2.45. The van der Waals surface area contributed by atoms with Crippen LogP contribution in [0.4, 0.5) is 5.69 Å². The van der Waals surface area contributed by atoms with E-state index in [9.17, 15) is 24.7 Å². The van der Waals surface area contributed by atoms with Crippen LogP contribution in [-0.4, -0.2) is 34.7 Å². The van der Waals surface area contributed by atoms with Gasteiger partial charge < -0.3 is 25.5 Å². The van der Waals surface area contributed by atoms with Crippen molar-refractivity contribution in [2.75, 3.05) is 11.9 Å². The summed E-state index contributed by atoms with van der Waals surface area (Å²) in [5.41, 5.74) is 1.22. The highest BCUT2D eigenvalue weighted by atomic mass is 32.1. The molecule has 3 aromatic rings. The minimum Gasteiger partial charge on any atom is -0.619 e. The van der Waals surface area contributed by atoms with Gasteiger partial charge in [0.25, 0.3) is 5.91 Å². The Morgan fingerprint density at radius 3 is 2.62 bits per heavy atom. The SMILES string of the molecule is O=C(O)COc1cc(-c2cccc(NC(=O)c3ccc[n+]([O-])c3)c2)sc1C(=O)O. The number of rotatable bonds is 7. The van der Waals surface area contributed by atoms with Gasteiger partial charge in [0.15, 0.2) is 23.9 Å². The van der Waals surface area contributed by atoms with E-state index in [1.807, 2.05) is 0 Å². The Labute approximate surface area is 168 Å². The van der Waals surface area contributed by atoms with E-state index in [4.69, 9.17) is 9.84 Å². The molecule has 10 heteroatoms. The number of benzene rings is 1. The first-order valence-electron chi connectivity index (χ1n) is 8.16. The topological polar surface area (TPSA) is 140 Å². The summed E-state index contributed by atoms with van der Waals surface area (Å²) < 4.78 is 5.57. The molecule has 9 nitrogen and oxygen atoms in total. The predicted octanol–water partition coefficient (Wildman–Crippen LogP) is 2.46. The van der Waals surface area contributed by atoms with Crippen LogP contribution in [0.2, 0.25) is 0 Å². The number of pyridine rings is 1. The Hall–Kier alpha value is -3.92. The molecule has 2 aromatic heterocycles. The number of ether oxygens (including phenoxy) is 1. The molecular formula is C19H14N2O7S. The van der Waals surface area contributed by atoms with Gasteiger partial charge in [0.2, 0.25) is 0 Å². The summed E-state index contributed by atoms with van der Waals surface area (Å²) in [5, 5.41) is 32.0. The smallest absolute Gasteiger partial charge is 0.349 e. The first-order chi connectivity index (χ1) is 13.8. The van der Waals surface area contributed by atoms with Crippen molar-refractivity contribution in [1.82, 2.24) is 0 Å². The van der Waals surface area contributed by atoms with Crippen LogP contribution in [0.3, 0.4) is 0 Å². The number of carboxylic acid groups (broad SMARTS) is 2. The first kappa shape index (κ1) is 19.8. The number of carbonyl (C=O) groups is 3. The van der Waals surface area contributed by atoms with Gasteiger partial charge in [0.1, 0.15) is 11.3 Å². The van der Waals surface area contributed by atoms with E-state index in [0.717, 1.165) is 17.5 Å². The third-order valence-corrected chi connectivity index (χ3v) is 4.84. The second-order valence-electron chi connectivity index (χ2n) is 5.78. The number of carboxylic acids is 2. The predicted molar refractivity (Wildman–Crippen MR) is 103 cm³/mol. The van der Waals surface area contributed by atoms with Crippen molar-refractivity contribution in [2.45, 2.75) is 0 Å². The fraction of sp³-hybridized carbons (Fsp3) is 0.0526. The lowest BCUT2D eigenvalue weighted by molar-refractivity contribution is -0.605. The summed E-state index contributed by atoms with van der Waals surface area (Å²) in [6.07, 6.45) is 2.40. The Morgan fingerprint density at radius 2 is 1.93 bits per heavy atom. The second-order valence-corrected chi connectivity index (χ2v) is 6.83. The average Bonchev–Trinajstić information content (AvgIpc) is 3.11. The van der Waals surface area contributed by atoms with Crippen LogP contribution in [0.25, 0.3) is 10.4 Å². The summed E-state index contributed by atoms with van der Waals surface area (Å²) in [6, 6.07) is 11.0. The van der Waals surface area contributed by atoms with Gasteiger partial charge >= 0.3 is 11.9 Å². The minimum absolute atomic E-state index is 0.0429. The van der Waals surface area contributed by atoms with Crippen molar-refractivity contribution in [2.24, 2.45) is 0 Å². The number of aromatic nitrogens is 1. The average molecular weight is 414 g/mol. The molecular weight excluding hydrogens is 400 g/mol. The molecule has 2 heterocycles. The molecule has 0 saturated heterocycles. The van der Waals surface area contributed by atoms with Gasteiger partial charge in [-0.2, -0.15) is 4.73 Å². The van der Waals surface area contributed by atoms with Crippen LogP contribution in [0.15, 0.2) is 54.9 Å². The number of nitrogens with one attached hydrogen (secondary N) is 1. The molecule has 0 aliphatic heterocycles. The van der Waals surface area contributed by atoms with Gasteiger partial charge in [-0.3, -0.25) is 4.79 Å². The monoisotopic (exact) mass is 414 g/mol.